The van der Waals surface area contributed by atoms with E-state index in [1.807, 2.05) is 0 Å². The third kappa shape index (κ3) is 11.6. The molecule has 0 aliphatic rings. The molecule has 0 amide bonds. The molecule has 0 rings (SSSR count). The summed E-state index contributed by atoms with van der Waals surface area (Å²) in [5.74, 6) is 0. The van der Waals surface area contributed by atoms with Crippen molar-refractivity contribution in [2.75, 3.05) is 25.0 Å². The topological polar surface area (TPSA) is 173 Å². The molecule has 0 aromatic rings. The molecule has 0 N–H and O–H groups in total. The van der Waals surface area contributed by atoms with E-state index < -0.39 is 60.5 Å². The zero-order valence-electron chi connectivity index (χ0n) is 11.0. The summed E-state index contributed by atoms with van der Waals surface area (Å²) in [5, 5.41) is 0. The molecule has 0 spiro atoms. The van der Waals surface area contributed by atoms with Crippen molar-refractivity contribution in [3.05, 3.63) is 0 Å². The Morgan fingerprint density at radius 2 is 0.619 bits per heavy atom. The van der Waals surface area contributed by atoms with Crippen molar-refractivity contribution in [2.45, 2.75) is 0 Å². The Balaban J connectivity index is 6.18. The van der Waals surface area contributed by atoms with E-state index in [4.69, 9.17) is 0 Å². The minimum atomic E-state index is -6.60. The summed E-state index contributed by atoms with van der Waals surface area (Å²) in [7, 11) is -18.3. The molecule has 0 saturated heterocycles. The van der Waals surface area contributed by atoms with Crippen molar-refractivity contribution >= 4 is 60.5 Å². The third-order valence-corrected chi connectivity index (χ3v) is 20.4. The van der Waals surface area contributed by atoms with Crippen molar-refractivity contribution in [2.24, 2.45) is 0 Å². The monoisotopic (exact) mass is 500 g/mol. The first-order valence-corrected chi connectivity index (χ1v) is 16.4. The fourth-order valence-corrected chi connectivity index (χ4v) is 20.0. The van der Waals surface area contributed by atoms with E-state index >= 15 is 0 Å². The van der Waals surface area contributed by atoms with Gasteiger partial charge in [-0.05, 0) is 0 Å². The maximum atomic E-state index is 11.1. The van der Waals surface area contributed by atoms with Gasteiger partial charge in [0.1, 0.15) is 0 Å². The van der Waals surface area contributed by atoms with Crippen LogP contribution in [0.2, 0.25) is 0 Å². The molecule has 0 unspecified atom stereocenters. The quantitative estimate of drug-likeness (QED) is 0.318. The van der Waals surface area contributed by atoms with E-state index in [0.717, 1.165) is 0 Å². The van der Waals surface area contributed by atoms with Gasteiger partial charge in [-0.3, -0.25) is 0 Å². The molecule has 0 bridgehead atoms. The molecule has 0 aliphatic carbocycles. The van der Waals surface area contributed by atoms with Crippen molar-refractivity contribution in [3.8, 4) is 0 Å². The van der Waals surface area contributed by atoms with Crippen LogP contribution in [0.3, 0.4) is 0 Å². The minimum absolute atomic E-state index is 0.390. The van der Waals surface area contributed by atoms with Crippen LogP contribution in [0.25, 0.3) is 0 Å². The van der Waals surface area contributed by atoms with Gasteiger partial charge < -0.3 is 0 Å². The van der Waals surface area contributed by atoms with Crippen LogP contribution in [0.5, 0.6) is 0 Å². The van der Waals surface area contributed by atoms with Gasteiger partial charge in [0.05, 0.1) is 0 Å². The van der Waals surface area contributed by atoms with Gasteiger partial charge in [-0.15, -0.1) is 0 Å². The Morgan fingerprint density at radius 1 is 0.476 bits per heavy atom. The van der Waals surface area contributed by atoms with Crippen LogP contribution in [-0.2, 0) is 50.6 Å². The van der Waals surface area contributed by atoms with Crippen LogP contribution in [0.15, 0.2) is 0 Å². The molecule has 0 saturated carbocycles. The Kier molecular flexibility index (Phi) is 6.65. The van der Waals surface area contributed by atoms with Crippen LogP contribution in [0.4, 0.5) is 0 Å². The van der Waals surface area contributed by atoms with Gasteiger partial charge in [-0.2, -0.15) is 0 Å². The summed E-state index contributed by atoms with van der Waals surface area (Å²) in [6, 6.07) is 0. The van der Waals surface area contributed by atoms with E-state index in [2.05, 4.69) is 10.1 Å². The summed E-state index contributed by atoms with van der Waals surface area (Å²) in [5.41, 5.74) is 0. The number of rotatable bonds is 8. The molecule has 128 valence electrons. The first-order chi connectivity index (χ1) is 8.83. The van der Waals surface area contributed by atoms with Gasteiger partial charge in [-0.25, -0.2) is 0 Å². The zero-order chi connectivity index (χ0) is 17.3. The van der Waals surface area contributed by atoms with Gasteiger partial charge in [-0.1, -0.05) is 0 Å². The van der Waals surface area contributed by atoms with Crippen LogP contribution < -0.4 is 0 Å². The fourth-order valence-electron chi connectivity index (χ4n) is 0.825. The summed E-state index contributed by atoms with van der Waals surface area (Å²) in [6.07, 6.45) is 1.56. The van der Waals surface area contributed by atoms with Crippen LogP contribution >= 0.6 is 0 Å². The van der Waals surface area contributed by atoms with Crippen LogP contribution in [-0.4, -0.2) is 78.7 Å². The molecule has 0 aromatic carbocycles. The van der Waals surface area contributed by atoms with Gasteiger partial charge in [0, 0.05) is 0 Å². The molecular weight excluding hydrogens is 487 g/mol. The molecule has 0 aliphatic heterocycles. The van der Waals surface area contributed by atoms with E-state index in [-0.39, 0.29) is 0 Å². The second kappa shape index (κ2) is 6.51. The average Bonchev–Trinajstić information content (AvgIpc) is 1.83. The van der Waals surface area contributed by atoms with Crippen molar-refractivity contribution in [3.63, 3.8) is 0 Å². The van der Waals surface area contributed by atoms with Gasteiger partial charge in [0.25, 0.3) is 0 Å². The summed E-state index contributed by atoms with van der Waals surface area (Å²) in [6.45, 7) is 0. The van der Waals surface area contributed by atoms with Crippen molar-refractivity contribution < 1.29 is 43.8 Å². The standard InChI is InChI=1S/4CH4O3S.Sn/c4*1-5(2,3)4;/h4*1H3,(H,2,3,4);/q;;;;+4/p-4. The SMILES string of the molecule is CS(=O)(=O)[O][Sn]([O]S(C)(=O)=O)([O]S(C)(=O)=O)[O]S(C)(=O)=O. The first-order valence-electron chi connectivity index (χ1n) is 4.45. The average molecular weight is 499 g/mol. The predicted octanol–water partition coefficient (Wildman–Crippen LogP) is -2.67. The summed E-state index contributed by atoms with van der Waals surface area (Å²) in [4.78, 5) is 0. The molecular formula is C4H12O12S4Sn. The Hall–Kier alpha value is 0.439. The molecule has 17 heteroatoms. The predicted molar refractivity (Wildman–Crippen MR) is 69.5 cm³/mol. The van der Waals surface area contributed by atoms with E-state index in [1.54, 1.807) is 0 Å². The molecule has 12 nitrogen and oxygen atoms in total. The van der Waals surface area contributed by atoms with Crippen molar-refractivity contribution in [1.29, 1.82) is 0 Å². The molecule has 0 radical (unpaired) electrons. The number of hydrogen-bond acceptors (Lipinski definition) is 12. The van der Waals surface area contributed by atoms with E-state index in [0.29, 0.717) is 25.0 Å². The van der Waals surface area contributed by atoms with E-state index in [9.17, 15) is 33.7 Å². The Bertz CT molecular complexity index is 644. The molecule has 0 aromatic heterocycles. The fraction of sp³-hybridized carbons (Fsp3) is 1.00. The normalized spacial score (nSPS) is 15.0. The molecule has 21 heavy (non-hydrogen) atoms. The maximum absolute atomic E-state index is 11.1. The molecule has 0 atom stereocenters. The van der Waals surface area contributed by atoms with E-state index in [1.165, 1.54) is 0 Å². The zero-order valence-corrected chi connectivity index (χ0v) is 17.2. The second-order valence-corrected chi connectivity index (χ2v) is 18.5. The van der Waals surface area contributed by atoms with Crippen LogP contribution in [0, 0.1) is 0 Å². The van der Waals surface area contributed by atoms with Gasteiger partial charge in [0.15, 0.2) is 0 Å². The molecule has 0 heterocycles. The molecule has 0 fully saturated rings. The Labute approximate surface area is 128 Å². The Morgan fingerprint density at radius 3 is 0.714 bits per heavy atom. The summed E-state index contributed by atoms with van der Waals surface area (Å²) >= 11 is -6.60. The first kappa shape index (κ1) is 21.4. The third-order valence-electron chi connectivity index (χ3n) is 1.01. The van der Waals surface area contributed by atoms with Crippen molar-refractivity contribution in [1.82, 2.24) is 0 Å². The summed E-state index contributed by atoms with van der Waals surface area (Å²) < 4.78 is 105. The number of hydrogen-bond donors (Lipinski definition) is 0. The van der Waals surface area contributed by atoms with Gasteiger partial charge >= 0.3 is 129 Å². The second-order valence-electron chi connectivity index (χ2n) is 3.65. The van der Waals surface area contributed by atoms with Crippen LogP contribution in [0.1, 0.15) is 0 Å². The van der Waals surface area contributed by atoms with Gasteiger partial charge in [0.2, 0.25) is 0 Å².